The standard InChI is InChI=1S/C9H9BrO3.C2H6/c1-5-2-7(10)3-6(9(5)13)4-8(11)12;1-2/h2-3,13H,4H2,1H3,(H,11,12);1-2H3. The van der Waals surface area contributed by atoms with Gasteiger partial charge in [0.25, 0.3) is 0 Å². The number of rotatable bonds is 2. The molecule has 2 N–H and O–H groups in total. The molecule has 1 rings (SSSR count). The number of hydrogen-bond acceptors (Lipinski definition) is 2. The monoisotopic (exact) mass is 274 g/mol. The fourth-order valence-electron chi connectivity index (χ4n) is 1.10. The van der Waals surface area contributed by atoms with E-state index in [1.54, 1.807) is 19.1 Å². The van der Waals surface area contributed by atoms with Crippen molar-refractivity contribution in [1.82, 2.24) is 0 Å². The largest absolute Gasteiger partial charge is 0.507 e. The fraction of sp³-hybridized carbons (Fsp3) is 0.364. The van der Waals surface area contributed by atoms with E-state index < -0.39 is 5.97 Å². The molecule has 0 spiro atoms. The van der Waals surface area contributed by atoms with E-state index in [1.807, 2.05) is 13.8 Å². The van der Waals surface area contributed by atoms with Crippen LogP contribution in [0.4, 0.5) is 0 Å². The number of carboxylic acid groups (broad SMARTS) is 1. The van der Waals surface area contributed by atoms with Gasteiger partial charge < -0.3 is 10.2 Å². The zero-order chi connectivity index (χ0) is 12.0. The summed E-state index contributed by atoms with van der Waals surface area (Å²) in [6, 6.07) is 3.34. The van der Waals surface area contributed by atoms with Gasteiger partial charge in [0, 0.05) is 10.0 Å². The predicted octanol–water partition coefficient (Wildman–Crippen LogP) is 3.12. The Morgan fingerprint density at radius 2 is 1.93 bits per heavy atom. The van der Waals surface area contributed by atoms with Crippen LogP contribution in [0.15, 0.2) is 16.6 Å². The summed E-state index contributed by atoms with van der Waals surface area (Å²) in [4.78, 5) is 10.4. The van der Waals surface area contributed by atoms with Crippen molar-refractivity contribution in [2.24, 2.45) is 0 Å². The van der Waals surface area contributed by atoms with Gasteiger partial charge in [-0.25, -0.2) is 0 Å². The minimum Gasteiger partial charge on any atom is -0.507 e. The number of carbonyl (C=O) groups is 1. The van der Waals surface area contributed by atoms with Crippen molar-refractivity contribution in [2.75, 3.05) is 0 Å². The fourth-order valence-corrected chi connectivity index (χ4v) is 1.72. The molecule has 3 nitrogen and oxygen atoms in total. The molecule has 4 heteroatoms. The van der Waals surface area contributed by atoms with Crippen LogP contribution in [0.25, 0.3) is 0 Å². The Morgan fingerprint density at radius 3 is 2.40 bits per heavy atom. The first-order valence-electron chi connectivity index (χ1n) is 4.70. The van der Waals surface area contributed by atoms with Gasteiger partial charge in [-0.3, -0.25) is 4.79 Å². The first-order valence-corrected chi connectivity index (χ1v) is 5.50. The number of phenols is 1. The van der Waals surface area contributed by atoms with Gasteiger partial charge >= 0.3 is 5.97 Å². The lowest BCUT2D eigenvalue weighted by Crippen LogP contribution is -2.00. The molecular weight excluding hydrogens is 260 g/mol. The van der Waals surface area contributed by atoms with Gasteiger partial charge in [-0.2, -0.15) is 0 Å². The summed E-state index contributed by atoms with van der Waals surface area (Å²) in [7, 11) is 0. The van der Waals surface area contributed by atoms with Crippen LogP contribution in [0.3, 0.4) is 0 Å². The van der Waals surface area contributed by atoms with Crippen LogP contribution in [0.2, 0.25) is 0 Å². The van der Waals surface area contributed by atoms with Gasteiger partial charge in [0.2, 0.25) is 0 Å². The average molecular weight is 275 g/mol. The molecule has 0 bridgehead atoms. The molecule has 0 atom stereocenters. The molecule has 0 saturated heterocycles. The third-order valence-corrected chi connectivity index (χ3v) is 2.14. The summed E-state index contributed by atoms with van der Waals surface area (Å²) in [5, 5.41) is 18.0. The van der Waals surface area contributed by atoms with Crippen molar-refractivity contribution in [3.8, 4) is 5.75 Å². The maximum atomic E-state index is 10.4. The highest BCUT2D eigenvalue weighted by Crippen LogP contribution is 2.26. The zero-order valence-corrected chi connectivity index (χ0v) is 10.6. The second-order valence-corrected chi connectivity index (χ2v) is 3.72. The smallest absolute Gasteiger partial charge is 0.307 e. The lowest BCUT2D eigenvalue weighted by molar-refractivity contribution is -0.136. The second-order valence-electron chi connectivity index (χ2n) is 2.80. The summed E-state index contributed by atoms with van der Waals surface area (Å²) in [6.07, 6.45) is -0.161. The molecule has 0 aromatic heterocycles. The van der Waals surface area contributed by atoms with Crippen LogP contribution in [0, 0.1) is 6.92 Å². The number of phenolic OH excluding ortho intramolecular Hbond substituents is 1. The number of aliphatic carboxylic acids is 1. The first kappa shape index (κ1) is 14.0. The Balaban J connectivity index is 0.000000921. The van der Waals surface area contributed by atoms with Crippen molar-refractivity contribution in [3.63, 3.8) is 0 Å². The molecule has 15 heavy (non-hydrogen) atoms. The Labute approximate surface area is 97.9 Å². The number of hydrogen-bond donors (Lipinski definition) is 2. The second kappa shape index (κ2) is 6.45. The van der Waals surface area contributed by atoms with Gasteiger partial charge in [0.15, 0.2) is 0 Å². The molecule has 1 aromatic rings. The number of aromatic hydroxyl groups is 1. The normalized spacial score (nSPS) is 9.07. The molecule has 0 heterocycles. The molecule has 0 aliphatic heterocycles. The van der Waals surface area contributed by atoms with Gasteiger partial charge in [-0.15, -0.1) is 0 Å². The molecule has 1 aromatic carbocycles. The van der Waals surface area contributed by atoms with E-state index in [0.29, 0.717) is 11.1 Å². The van der Waals surface area contributed by atoms with E-state index in [9.17, 15) is 9.90 Å². The Hall–Kier alpha value is -1.03. The topological polar surface area (TPSA) is 57.5 Å². The van der Waals surface area contributed by atoms with Crippen LogP contribution in [0.5, 0.6) is 5.75 Å². The molecule has 0 saturated carbocycles. The summed E-state index contributed by atoms with van der Waals surface area (Å²) in [6.45, 7) is 5.73. The number of benzene rings is 1. The number of carboxylic acids is 1. The maximum absolute atomic E-state index is 10.4. The molecule has 84 valence electrons. The summed E-state index contributed by atoms with van der Waals surface area (Å²) >= 11 is 3.23. The van der Waals surface area contributed by atoms with E-state index in [2.05, 4.69) is 15.9 Å². The minimum absolute atomic E-state index is 0.0607. The molecular formula is C11H15BrO3. The van der Waals surface area contributed by atoms with E-state index in [4.69, 9.17) is 5.11 Å². The Kier molecular flexibility index (Phi) is 6.01. The van der Waals surface area contributed by atoms with Crippen molar-refractivity contribution >= 4 is 21.9 Å². The SMILES string of the molecule is CC.Cc1cc(Br)cc(CC(=O)O)c1O. The third kappa shape index (κ3) is 4.34. The summed E-state index contributed by atoms with van der Waals surface area (Å²) in [5.74, 6) is -0.890. The highest BCUT2D eigenvalue weighted by Gasteiger charge is 2.09. The minimum atomic E-state index is -0.951. The van der Waals surface area contributed by atoms with Crippen molar-refractivity contribution in [1.29, 1.82) is 0 Å². The van der Waals surface area contributed by atoms with E-state index >= 15 is 0 Å². The predicted molar refractivity (Wildman–Crippen MR) is 63.2 cm³/mol. The Bertz CT molecular complexity index is 348. The molecule has 0 aliphatic carbocycles. The molecule has 0 aliphatic rings. The molecule has 0 fully saturated rings. The van der Waals surface area contributed by atoms with Gasteiger partial charge in [-0.05, 0) is 24.6 Å². The highest BCUT2D eigenvalue weighted by molar-refractivity contribution is 9.10. The van der Waals surface area contributed by atoms with Crippen LogP contribution >= 0.6 is 15.9 Å². The van der Waals surface area contributed by atoms with E-state index in [0.717, 1.165) is 4.47 Å². The molecule has 0 unspecified atom stereocenters. The van der Waals surface area contributed by atoms with E-state index in [-0.39, 0.29) is 12.2 Å². The van der Waals surface area contributed by atoms with Crippen LogP contribution in [-0.4, -0.2) is 16.2 Å². The molecule has 0 radical (unpaired) electrons. The maximum Gasteiger partial charge on any atom is 0.307 e. The van der Waals surface area contributed by atoms with Crippen LogP contribution in [-0.2, 0) is 11.2 Å². The average Bonchev–Trinajstić information content (AvgIpc) is 2.16. The number of aryl methyl sites for hydroxylation is 1. The van der Waals surface area contributed by atoms with Crippen LogP contribution < -0.4 is 0 Å². The Morgan fingerprint density at radius 1 is 1.40 bits per heavy atom. The van der Waals surface area contributed by atoms with Crippen molar-refractivity contribution in [2.45, 2.75) is 27.2 Å². The quantitative estimate of drug-likeness (QED) is 0.871. The van der Waals surface area contributed by atoms with Gasteiger partial charge in [0.1, 0.15) is 5.75 Å². The lowest BCUT2D eigenvalue weighted by Gasteiger charge is -2.05. The summed E-state index contributed by atoms with van der Waals surface area (Å²) < 4.78 is 0.777. The molecule has 0 amide bonds. The summed E-state index contributed by atoms with van der Waals surface area (Å²) in [5.41, 5.74) is 1.10. The van der Waals surface area contributed by atoms with Crippen molar-refractivity contribution < 1.29 is 15.0 Å². The third-order valence-electron chi connectivity index (χ3n) is 1.69. The van der Waals surface area contributed by atoms with Crippen LogP contribution in [0.1, 0.15) is 25.0 Å². The van der Waals surface area contributed by atoms with Crippen molar-refractivity contribution in [3.05, 3.63) is 27.7 Å². The van der Waals surface area contributed by atoms with E-state index in [1.165, 1.54) is 0 Å². The zero-order valence-electron chi connectivity index (χ0n) is 9.04. The first-order chi connectivity index (χ1) is 7.00. The highest BCUT2D eigenvalue weighted by atomic mass is 79.9. The van der Waals surface area contributed by atoms with Gasteiger partial charge in [0.05, 0.1) is 6.42 Å². The lowest BCUT2D eigenvalue weighted by atomic mass is 10.1. The number of halogens is 1. The van der Waals surface area contributed by atoms with Gasteiger partial charge in [-0.1, -0.05) is 29.8 Å².